The first-order chi connectivity index (χ1) is 12.2. The fourth-order valence-corrected chi connectivity index (χ4v) is 2.56. The lowest BCUT2D eigenvalue weighted by molar-refractivity contribution is 0.432. The molecule has 0 amide bonds. The number of rotatable bonds is 3. The van der Waals surface area contributed by atoms with Gasteiger partial charge in [0.25, 0.3) is 5.89 Å². The van der Waals surface area contributed by atoms with Crippen molar-refractivity contribution in [3.63, 3.8) is 0 Å². The topological polar surface area (TPSA) is 64.7 Å². The Kier molecular flexibility index (Phi) is 3.82. The summed E-state index contributed by atoms with van der Waals surface area (Å²) >= 11 is 0. The lowest BCUT2D eigenvalue weighted by Crippen LogP contribution is -2.02. The number of nitrogens with zero attached hydrogens (tertiary/aromatic N) is 4. The Bertz CT molecular complexity index is 1020. The Morgan fingerprint density at radius 1 is 0.960 bits per heavy atom. The highest BCUT2D eigenvalue weighted by atomic mass is 19.1. The zero-order chi connectivity index (χ0) is 17.2. The number of pyridine rings is 2. The molecule has 0 saturated heterocycles. The summed E-state index contributed by atoms with van der Waals surface area (Å²) < 4.78 is 18.4. The van der Waals surface area contributed by atoms with E-state index in [-0.39, 0.29) is 0 Å². The predicted molar refractivity (Wildman–Crippen MR) is 94.3 cm³/mol. The van der Waals surface area contributed by atoms with Crippen molar-refractivity contribution in [3.8, 4) is 34.1 Å². The molecule has 7 heteroatoms. The van der Waals surface area contributed by atoms with E-state index in [1.165, 1.54) is 12.1 Å². The van der Waals surface area contributed by atoms with Crippen LogP contribution < -0.4 is 5.46 Å². The lowest BCUT2D eigenvalue weighted by atomic mass is 9.90. The molecule has 0 unspecified atom stereocenters. The summed E-state index contributed by atoms with van der Waals surface area (Å²) in [6.45, 7) is 0. The van der Waals surface area contributed by atoms with E-state index in [0.717, 1.165) is 28.4 Å². The molecule has 120 valence electrons. The first-order valence-electron chi connectivity index (χ1n) is 7.67. The van der Waals surface area contributed by atoms with Gasteiger partial charge in [-0.1, -0.05) is 28.8 Å². The van der Waals surface area contributed by atoms with Gasteiger partial charge in [0.05, 0.1) is 6.20 Å². The summed E-state index contributed by atoms with van der Waals surface area (Å²) in [6, 6.07) is 12.7. The third-order valence-corrected chi connectivity index (χ3v) is 3.70. The molecular formula is C18H12BFN4O. The second-order valence-corrected chi connectivity index (χ2v) is 5.61. The largest absolute Gasteiger partial charge is 0.334 e. The van der Waals surface area contributed by atoms with Crippen LogP contribution in [0.3, 0.4) is 0 Å². The van der Waals surface area contributed by atoms with Gasteiger partial charge in [0.1, 0.15) is 19.4 Å². The van der Waals surface area contributed by atoms with Crippen LogP contribution in [0.4, 0.5) is 4.39 Å². The van der Waals surface area contributed by atoms with E-state index in [4.69, 9.17) is 4.52 Å². The molecule has 0 radical (unpaired) electrons. The molecule has 4 rings (SSSR count). The van der Waals surface area contributed by atoms with Crippen LogP contribution in [0.1, 0.15) is 0 Å². The van der Waals surface area contributed by atoms with Crippen LogP contribution >= 0.6 is 0 Å². The van der Waals surface area contributed by atoms with E-state index in [2.05, 4.69) is 26.2 Å². The second-order valence-electron chi connectivity index (χ2n) is 5.61. The number of benzene rings is 1. The number of hydrogen-bond donors (Lipinski definition) is 0. The van der Waals surface area contributed by atoms with E-state index in [0.29, 0.717) is 17.4 Å². The standard InChI is InChI=1S/C18H12BFN4O/c19-14-7-12(11-2-1-5-21-9-11)6-13(8-14)18-23-17(24-25-18)16-4-3-15(20)10-22-16/h1-10H,19H2. The Labute approximate surface area is 144 Å². The Balaban J connectivity index is 1.73. The van der Waals surface area contributed by atoms with E-state index >= 15 is 0 Å². The van der Waals surface area contributed by atoms with Crippen molar-refractivity contribution in [2.45, 2.75) is 0 Å². The van der Waals surface area contributed by atoms with Gasteiger partial charge >= 0.3 is 0 Å². The molecule has 0 aliphatic carbocycles. The Morgan fingerprint density at radius 2 is 1.84 bits per heavy atom. The van der Waals surface area contributed by atoms with E-state index in [1.54, 1.807) is 12.4 Å². The monoisotopic (exact) mass is 330 g/mol. The average molecular weight is 330 g/mol. The molecular weight excluding hydrogens is 318 g/mol. The molecule has 25 heavy (non-hydrogen) atoms. The van der Waals surface area contributed by atoms with Crippen LogP contribution in [-0.4, -0.2) is 28.0 Å². The van der Waals surface area contributed by atoms with Crippen molar-refractivity contribution in [2.24, 2.45) is 0 Å². The van der Waals surface area contributed by atoms with Gasteiger partial charge in [-0.15, -0.1) is 0 Å². The highest BCUT2D eigenvalue weighted by molar-refractivity contribution is 6.33. The zero-order valence-electron chi connectivity index (χ0n) is 13.3. The summed E-state index contributed by atoms with van der Waals surface area (Å²) in [4.78, 5) is 12.5. The van der Waals surface area contributed by atoms with E-state index in [9.17, 15) is 4.39 Å². The van der Waals surface area contributed by atoms with Gasteiger partial charge in [0.2, 0.25) is 5.82 Å². The summed E-state index contributed by atoms with van der Waals surface area (Å²) in [7, 11) is 2.00. The molecule has 0 fully saturated rings. The van der Waals surface area contributed by atoms with Gasteiger partial charge in [0, 0.05) is 18.0 Å². The lowest BCUT2D eigenvalue weighted by Gasteiger charge is -2.05. The highest BCUT2D eigenvalue weighted by Crippen LogP contribution is 2.25. The van der Waals surface area contributed by atoms with Crippen LogP contribution in [0.5, 0.6) is 0 Å². The van der Waals surface area contributed by atoms with Gasteiger partial charge < -0.3 is 4.52 Å². The minimum Gasteiger partial charge on any atom is -0.334 e. The van der Waals surface area contributed by atoms with Crippen molar-refractivity contribution >= 4 is 13.3 Å². The van der Waals surface area contributed by atoms with Crippen LogP contribution in [-0.2, 0) is 0 Å². The minimum atomic E-state index is -0.410. The zero-order valence-corrected chi connectivity index (χ0v) is 13.3. The molecule has 3 aromatic heterocycles. The second kappa shape index (κ2) is 6.28. The van der Waals surface area contributed by atoms with Crippen LogP contribution in [0.25, 0.3) is 34.1 Å². The third-order valence-electron chi connectivity index (χ3n) is 3.70. The van der Waals surface area contributed by atoms with Crippen molar-refractivity contribution in [3.05, 3.63) is 66.9 Å². The maximum atomic E-state index is 13.0. The summed E-state index contributed by atoms with van der Waals surface area (Å²) in [5, 5.41) is 3.94. The molecule has 0 spiro atoms. The molecule has 0 aliphatic heterocycles. The first kappa shape index (κ1) is 15.2. The molecule has 4 aromatic rings. The van der Waals surface area contributed by atoms with Crippen molar-refractivity contribution in [1.82, 2.24) is 20.1 Å². The van der Waals surface area contributed by atoms with Crippen LogP contribution in [0.15, 0.2) is 65.6 Å². The Morgan fingerprint density at radius 3 is 2.60 bits per heavy atom. The molecule has 0 saturated carbocycles. The van der Waals surface area contributed by atoms with Crippen molar-refractivity contribution in [2.75, 3.05) is 0 Å². The summed E-state index contributed by atoms with van der Waals surface area (Å²) in [6.07, 6.45) is 4.67. The SMILES string of the molecule is Bc1cc(-c2cccnc2)cc(-c2nc(-c3ccc(F)cn3)no2)c1. The third kappa shape index (κ3) is 3.17. The average Bonchev–Trinajstić information content (AvgIpc) is 3.13. The van der Waals surface area contributed by atoms with E-state index < -0.39 is 5.82 Å². The normalized spacial score (nSPS) is 10.8. The molecule has 0 aliphatic rings. The predicted octanol–water partition coefficient (Wildman–Crippen LogP) is 2.26. The highest BCUT2D eigenvalue weighted by Gasteiger charge is 2.13. The molecule has 5 nitrogen and oxygen atoms in total. The fraction of sp³-hybridized carbons (Fsp3) is 0. The van der Waals surface area contributed by atoms with Gasteiger partial charge in [-0.3, -0.25) is 4.98 Å². The molecule has 0 atom stereocenters. The van der Waals surface area contributed by atoms with Gasteiger partial charge in [-0.05, 0) is 35.4 Å². The van der Waals surface area contributed by atoms with Crippen molar-refractivity contribution < 1.29 is 8.91 Å². The quantitative estimate of drug-likeness (QED) is 0.539. The number of hydrogen-bond acceptors (Lipinski definition) is 5. The number of aromatic nitrogens is 4. The molecule has 0 bridgehead atoms. The van der Waals surface area contributed by atoms with Gasteiger partial charge in [0.15, 0.2) is 0 Å². The minimum absolute atomic E-state index is 0.319. The maximum absolute atomic E-state index is 13.0. The molecule has 1 aromatic carbocycles. The van der Waals surface area contributed by atoms with Gasteiger partial charge in [-0.2, -0.15) is 4.98 Å². The van der Waals surface area contributed by atoms with Crippen LogP contribution in [0, 0.1) is 5.82 Å². The number of halogens is 1. The summed E-state index contributed by atoms with van der Waals surface area (Å²) in [5.41, 5.74) is 4.35. The molecule has 3 heterocycles. The smallest absolute Gasteiger partial charge is 0.258 e. The first-order valence-corrected chi connectivity index (χ1v) is 7.67. The van der Waals surface area contributed by atoms with Crippen LogP contribution in [0.2, 0.25) is 0 Å². The van der Waals surface area contributed by atoms with Crippen molar-refractivity contribution in [1.29, 1.82) is 0 Å². The fourth-order valence-electron chi connectivity index (χ4n) is 2.56. The maximum Gasteiger partial charge on any atom is 0.258 e. The summed E-state index contributed by atoms with van der Waals surface area (Å²) in [5.74, 6) is 0.293. The van der Waals surface area contributed by atoms with Gasteiger partial charge in [-0.25, -0.2) is 9.37 Å². The Hall–Kier alpha value is -3.35. The van der Waals surface area contributed by atoms with E-state index in [1.807, 2.05) is 32.1 Å². The molecule has 0 N–H and O–H groups in total.